The smallest absolute Gasteiger partial charge is 0.227 e. The molecule has 2 atom stereocenters. The van der Waals surface area contributed by atoms with Crippen molar-refractivity contribution in [2.75, 3.05) is 19.4 Å². The van der Waals surface area contributed by atoms with Crippen molar-refractivity contribution in [2.24, 2.45) is 0 Å². The van der Waals surface area contributed by atoms with Gasteiger partial charge in [0.15, 0.2) is 0 Å². The van der Waals surface area contributed by atoms with Crippen molar-refractivity contribution in [2.45, 2.75) is 31.5 Å². The van der Waals surface area contributed by atoms with Crippen molar-refractivity contribution in [3.8, 4) is 0 Å². The molecule has 0 spiro atoms. The van der Waals surface area contributed by atoms with Gasteiger partial charge in [-0.2, -0.15) is 5.10 Å². The summed E-state index contributed by atoms with van der Waals surface area (Å²) in [5.74, 6) is 0.160. The number of amides is 1. The van der Waals surface area contributed by atoms with E-state index in [0.29, 0.717) is 18.9 Å². The minimum atomic E-state index is -0.305. The second-order valence-electron chi connectivity index (χ2n) is 6.06. The van der Waals surface area contributed by atoms with E-state index in [1.807, 2.05) is 4.90 Å². The highest BCUT2D eigenvalue weighted by atomic mass is 19.1. The first kappa shape index (κ1) is 16.4. The van der Waals surface area contributed by atoms with E-state index in [-0.39, 0.29) is 30.3 Å². The van der Waals surface area contributed by atoms with E-state index >= 15 is 0 Å². The number of carbonyl (C=O) groups excluding carboxylic acids is 1. The average molecular weight is 332 g/mol. The van der Waals surface area contributed by atoms with E-state index in [2.05, 4.69) is 5.10 Å². The maximum Gasteiger partial charge on any atom is 0.227 e. The fourth-order valence-electron chi connectivity index (χ4n) is 3.10. The Hall–Kier alpha value is -2.41. The predicted molar refractivity (Wildman–Crippen MR) is 87.7 cm³/mol. The lowest BCUT2D eigenvalue weighted by atomic mass is 10.1. The van der Waals surface area contributed by atoms with E-state index in [1.165, 1.54) is 12.1 Å². The van der Waals surface area contributed by atoms with Crippen LogP contribution in [0.15, 0.2) is 36.5 Å². The second kappa shape index (κ2) is 7.00. The zero-order valence-corrected chi connectivity index (χ0v) is 13.6. The van der Waals surface area contributed by atoms with Gasteiger partial charge >= 0.3 is 0 Å². The quantitative estimate of drug-likeness (QED) is 0.900. The third-order valence-corrected chi connectivity index (χ3v) is 4.36. The van der Waals surface area contributed by atoms with Crippen LogP contribution in [0.3, 0.4) is 0 Å². The van der Waals surface area contributed by atoms with Gasteiger partial charge in [0.2, 0.25) is 5.91 Å². The minimum absolute atomic E-state index is 0.00204. The van der Waals surface area contributed by atoms with E-state index in [9.17, 15) is 9.18 Å². The number of benzene rings is 1. The fraction of sp³-hybridized carbons (Fsp3) is 0.412. The topological polar surface area (TPSA) is 73.4 Å². The van der Waals surface area contributed by atoms with Crippen LogP contribution in [0.2, 0.25) is 0 Å². The number of nitrogens with zero attached hydrogens (tertiary/aromatic N) is 3. The third kappa shape index (κ3) is 3.73. The molecule has 0 unspecified atom stereocenters. The van der Waals surface area contributed by atoms with Gasteiger partial charge in [0.05, 0.1) is 25.1 Å². The Bertz CT molecular complexity index is 701. The second-order valence-corrected chi connectivity index (χ2v) is 6.06. The average Bonchev–Trinajstić information content (AvgIpc) is 3.16. The summed E-state index contributed by atoms with van der Waals surface area (Å²) in [5, 5.41) is 4.19. The van der Waals surface area contributed by atoms with Crippen molar-refractivity contribution in [1.82, 2.24) is 14.7 Å². The first-order valence-electron chi connectivity index (χ1n) is 7.91. The number of hydrogen-bond donors (Lipinski definition) is 1. The largest absolute Gasteiger partial charge is 0.382 e. The number of carbonyl (C=O) groups is 1. The molecule has 128 valence electrons. The molecule has 2 N–H and O–H groups in total. The molecule has 1 aromatic heterocycles. The molecule has 1 aliphatic heterocycles. The maximum atomic E-state index is 13.0. The Morgan fingerprint density at radius 2 is 2.12 bits per heavy atom. The van der Waals surface area contributed by atoms with Crippen molar-refractivity contribution in [3.05, 3.63) is 47.9 Å². The van der Waals surface area contributed by atoms with Crippen LogP contribution in [0, 0.1) is 5.82 Å². The van der Waals surface area contributed by atoms with E-state index in [4.69, 9.17) is 10.5 Å². The van der Waals surface area contributed by atoms with Gasteiger partial charge in [0, 0.05) is 19.9 Å². The van der Waals surface area contributed by atoms with Crippen LogP contribution in [0.5, 0.6) is 0 Å². The molecule has 2 heterocycles. The summed E-state index contributed by atoms with van der Waals surface area (Å²) in [4.78, 5) is 14.5. The van der Waals surface area contributed by atoms with Crippen molar-refractivity contribution in [1.29, 1.82) is 0 Å². The highest BCUT2D eigenvalue weighted by Crippen LogP contribution is 2.23. The lowest BCUT2D eigenvalue weighted by Gasteiger charge is -2.24. The molecule has 1 aromatic carbocycles. The standard InChI is InChI=1S/C17H21FN4O2/c1-24-15-9-14(10-21-7-6-16(19)20-21)22(11-15)17(23)8-12-2-4-13(18)5-3-12/h2-7,14-15H,8-11H2,1H3,(H2,19,20)/t14-,15+/m0/s1. The number of likely N-dealkylation sites (tertiary alicyclic amines) is 1. The summed E-state index contributed by atoms with van der Waals surface area (Å²) in [7, 11) is 1.65. The van der Waals surface area contributed by atoms with Gasteiger partial charge in [-0.05, 0) is 30.2 Å². The minimum Gasteiger partial charge on any atom is -0.382 e. The summed E-state index contributed by atoms with van der Waals surface area (Å²) in [6.07, 6.45) is 2.82. The fourth-order valence-corrected chi connectivity index (χ4v) is 3.10. The van der Waals surface area contributed by atoms with Crippen LogP contribution in [0.1, 0.15) is 12.0 Å². The molecule has 1 fully saturated rings. The molecule has 0 bridgehead atoms. The number of ether oxygens (including phenoxy) is 1. The highest BCUT2D eigenvalue weighted by molar-refractivity contribution is 5.79. The SMILES string of the molecule is CO[C@@H]1C[C@@H](Cn2ccc(N)n2)N(C(=O)Cc2ccc(F)cc2)C1. The molecule has 1 saturated heterocycles. The molecule has 0 aliphatic carbocycles. The van der Waals surface area contributed by atoms with E-state index in [0.717, 1.165) is 12.0 Å². The summed E-state index contributed by atoms with van der Waals surface area (Å²) in [6, 6.07) is 7.75. The molecule has 7 heteroatoms. The van der Waals surface area contributed by atoms with Crippen molar-refractivity contribution >= 4 is 11.7 Å². The Morgan fingerprint density at radius 3 is 2.75 bits per heavy atom. The predicted octanol–water partition coefficient (Wildman–Crippen LogP) is 1.46. The molecular weight excluding hydrogens is 311 g/mol. The van der Waals surface area contributed by atoms with Crippen molar-refractivity contribution < 1.29 is 13.9 Å². The molecule has 1 aliphatic rings. The Morgan fingerprint density at radius 1 is 1.38 bits per heavy atom. The number of nitrogens with two attached hydrogens (primary N) is 1. The summed E-state index contributed by atoms with van der Waals surface area (Å²) >= 11 is 0. The number of rotatable bonds is 5. The summed E-state index contributed by atoms with van der Waals surface area (Å²) in [5.41, 5.74) is 6.44. The van der Waals surface area contributed by atoms with Crippen LogP contribution in [-0.4, -0.2) is 46.4 Å². The first-order chi connectivity index (χ1) is 11.5. The Balaban J connectivity index is 1.70. The number of aromatic nitrogens is 2. The van der Waals surface area contributed by atoms with Crippen LogP contribution in [0.4, 0.5) is 10.2 Å². The molecule has 0 radical (unpaired) electrons. The number of methoxy groups -OCH3 is 1. The van der Waals surface area contributed by atoms with Crippen LogP contribution in [-0.2, 0) is 22.5 Å². The van der Waals surface area contributed by atoms with Gasteiger partial charge < -0.3 is 15.4 Å². The molecule has 3 rings (SSSR count). The van der Waals surface area contributed by atoms with Gasteiger partial charge in [0.25, 0.3) is 0 Å². The zero-order valence-electron chi connectivity index (χ0n) is 13.6. The van der Waals surface area contributed by atoms with Gasteiger partial charge in [-0.25, -0.2) is 4.39 Å². The first-order valence-corrected chi connectivity index (χ1v) is 7.91. The van der Waals surface area contributed by atoms with E-state index < -0.39 is 0 Å². The van der Waals surface area contributed by atoms with Gasteiger partial charge in [-0.3, -0.25) is 9.48 Å². The molecule has 24 heavy (non-hydrogen) atoms. The maximum absolute atomic E-state index is 13.0. The number of nitrogen functional groups attached to an aromatic ring is 1. The van der Waals surface area contributed by atoms with Gasteiger partial charge in [-0.1, -0.05) is 12.1 Å². The van der Waals surface area contributed by atoms with Gasteiger partial charge in [0.1, 0.15) is 11.6 Å². The third-order valence-electron chi connectivity index (χ3n) is 4.36. The Labute approximate surface area is 140 Å². The number of anilines is 1. The zero-order chi connectivity index (χ0) is 17.1. The Kier molecular flexibility index (Phi) is 4.80. The lowest BCUT2D eigenvalue weighted by Crippen LogP contribution is -2.39. The van der Waals surface area contributed by atoms with Crippen LogP contribution < -0.4 is 5.73 Å². The molecule has 2 aromatic rings. The molecule has 0 saturated carbocycles. The van der Waals surface area contributed by atoms with Crippen molar-refractivity contribution in [3.63, 3.8) is 0 Å². The van der Waals surface area contributed by atoms with Crippen LogP contribution >= 0.6 is 0 Å². The van der Waals surface area contributed by atoms with E-state index in [1.54, 1.807) is 36.2 Å². The van der Waals surface area contributed by atoms with Gasteiger partial charge in [-0.15, -0.1) is 0 Å². The highest BCUT2D eigenvalue weighted by Gasteiger charge is 2.35. The summed E-state index contributed by atoms with van der Waals surface area (Å²) < 4.78 is 20.2. The summed E-state index contributed by atoms with van der Waals surface area (Å²) in [6.45, 7) is 1.13. The van der Waals surface area contributed by atoms with Crippen LogP contribution in [0.25, 0.3) is 0 Å². The number of hydrogen-bond acceptors (Lipinski definition) is 4. The molecule has 6 nitrogen and oxygen atoms in total. The monoisotopic (exact) mass is 332 g/mol. The molecular formula is C17H21FN4O2. The lowest BCUT2D eigenvalue weighted by molar-refractivity contribution is -0.131. The normalized spacial score (nSPS) is 20.5. The number of halogens is 1. The molecule has 1 amide bonds.